The van der Waals surface area contributed by atoms with Crippen molar-refractivity contribution >= 4 is 22.8 Å². The molecule has 1 aromatic heterocycles. The third-order valence-electron chi connectivity index (χ3n) is 7.64. The van der Waals surface area contributed by atoms with Gasteiger partial charge in [-0.25, -0.2) is 4.98 Å². The molecular formula is C28H34N4O3. The minimum Gasteiger partial charge on any atom is -0.494 e. The summed E-state index contributed by atoms with van der Waals surface area (Å²) in [6, 6.07) is 15.6. The molecule has 3 aromatic rings. The molecule has 35 heavy (non-hydrogen) atoms. The van der Waals surface area contributed by atoms with Crippen LogP contribution in [0.25, 0.3) is 11.0 Å². The second-order valence-electron chi connectivity index (χ2n) is 10.1. The maximum absolute atomic E-state index is 13.9. The van der Waals surface area contributed by atoms with E-state index in [0.717, 1.165) is 41.6 Å². The van der Waals surface area contributed by atoms with Gasteiger partial charge in [-0.3, -0.25) is 9.59 Å². The second kappa shape index (κ2) is 9.36. The smallest absolute Gasteiger partial charge is 0.291 e. The van der Waals surface area contributed by atoms with Crippen molar-refractivity contribution in [3.8, 4) is 5.75 Å². The van der Waals surface area contributed by atoms with E-state index in [4.69, 9.17) is 4.74 Å². The van der Waals surface area contributed by atoms with Gasteiger partial charge in [0.15, 0.2) is 5.82 Å². The molecule has 2 aromatic carbocycles. The number of amides is 2. The van der Waals surface area contributed by atoms with Crippen molar-refractivity contribution in [3.63, 3.8) is 0 Å². The van der Waals surface area contributed by atoms with Gasteiger partial charge in [0.05, 0.1) is 24.2 Å². The van der Waals surface area contributed by atoms with Crippen LogP contribution in [0, 0.1) is 5.92 Å². The van der Waals surface area contributed by atoms with Gasteiger partial charge in [0.1, 0.15) is 11.3 Å². The van der Waals surface area contributed by atoms with Crippen molar-refractivity contribution in [3.05, 3.63) is 59.9 Å². The van der Waals surface area contributed by atoms with Gasteiger partial charge in [-0.2, -0.15) is 0 Å². The molecule has 1 aliphatic heterocycles. The van der Waals surface area contributed by atoms with Crippen molar-refractivity contribution in [1.82, 2.24) is 19.8 Å². The SMILES string of the molecule is CCOc1ccc(CN2C(=O)c3nc4ccccc4n3C[C@]2(C)C(=O)N[C@@H]2CCCC[C@@H]2C)cc1. The lowest BCUT2D eigenvalue weighted by Crippen LogP contribution is -2.65. The summed E-state index contributed by atoms with van der Waals surface area (Å²) < 4.78 is 7.48. The molecule has 2 amide bonds. The Labute approximate surface area is 206 Å². The number of carbonyl (C=O) groups excluding carboxylic acids is 2. The molecule has 2 aliphatic rings. The highest BCUT2D eigenvalue weighted by Gasteiger charge is 2.49. The lowest BCUT2D eigenvalue weighted by molar-refractivity contribution is -0.134. The lowest BCUT2D eigenvalue weighted by Gasteiger charge is -2.44. The van der Waals surface area contributed by atoms with Crippen molar-refractivity contribution < 1.29 is 14.3 Å². The van der Waals surface area contributed by atoms with Crippen molar-refractivity contribution in [2.75, 3.05) is 6.61 Å². The number of imidazole rings is 1. The first-order chi connectivity index (χ1) is 16.9. The Kier molecular flexibility index (Phi) is 6.26. The molecule has 0 saturated heterocycles. The number of hydrogen-bond donors (Lipinski definition) is 1. The highest BCUT2D eigenvalue weighted by atomic mass is 16.5. The van der Waals surface area contributed by atoms with Crippen LogP contribution in [0.4, 0.5) is 0 Å². The van der Waals surface area contributed by atoms with Crippen LogP contribution in [0.15, 0.2) is 48.5 Å². The molecule has 7 heteroatoms. The first-order valence-electron chi connectivity index (χ1n) is 12.7. The van der Waals surface area contributed by atoms with E-state index in [1.165, 1.54) is 6.42 Å². The Morgan fingerprint density at radius 1 is 1.14 bits per heavy atom. The number of fused-ring (bicyclic) bond motifs is 3. The first-order valence-corrected chi connectivity index (χ1v) is 12.7. The Hall–Kier alpha value is -3.35. The number of ether oxygens (including phenoxy) is 1. The van der Waals surface area contributed by atoms with Crippen LogP contribution in [-0.4, -0.2) is 44.5 Å². The monoisotopic (exact) mass is 474 g/mol. The summed E-state index contributed by atoms with van der Waals surface area (Å²) in [4.78, 5) is 34.1. The molecule has 7 nitrogen and oxygen atoms in total. The molecular weight excluding hydrogens is 440 g/mol. The largest absolute Gasteiger partial charge is 0.494 e. The highest BCUT2D eigenvalue weighted by molar-refractivity contribution is 6.01. The molecule has 0 spiro atoms. The summed E-state index contributed by atoms with van der Waals surface area (Å²) in [7, 11) is 0. The van der Waals surface area contributed by atoms with Gasteiger partial charge in [-0.15, -0.1) is 0 Å². The Bertz CT molecular complexity index is 1230. The van der Waals surface area contributed by atoms with Crippen molar-refractivity contribution in [2.24, 2.45) is 5.92 Å². The van der Waals surface area contributed by atoms with E-state index in [9.17, 15) is 9.59 Å². The molecule has 3 atom stereocenters. The topological polar surface area (TPSA) is 76.5 Å². The van der Waals surface area contributed by atoms with E-state index in [1.54, 1.807) is 4.90 Å². The van der Waals surface area contributed by atoms with Gasteiger partial charge in [-0.1, -0.05) is 44.0 Å². The summed E-state index contributed by atoms with van der Waals surface area (Å²) in [6.07, 6.45) is 4.43. The molecule has 2 heterocycles. The number of nitrogens with one attached hydrogen (secondary N) is 1. The van der Waals surface area contributed by atoms with Crippen LogP contribution in [0.2, 0.25) is 0 Å². The Morgan fingerprint density at radius 3 is 2.63 bits per heavy atom. The van der Waals surface area contributed by atoms with Crippen LogP contribution in [0.5, 0.6) is 5.75 Å². The first kappa shape index (κ1) is 23.4. The van der Waals surface area contributed by atoms with E-state index in [2.05, 4.69) is 17.2 Å². The average Bonchev–Trinajstić information content (AvgIpc) is 3.23. The predicted octanol–water partition coefficient (Wildman–Crippen LogP) is 4.54. The summed E-state index contributed by atoms with van der Waals surface area (Å²) in [5, 5.41) is 3.33. The number of nitrogens with zero attached hydrogens (tertiary/aromatic N) is 3. The molecule has 0 bridgehead atoms. The van der Waals surface area contributed by atoms with Crippen LogP contribution in [0.1, 0.15) is 62.6 Å². The van der Waals surface area contributed by atoms with Crippen LogP contribution in [-0.2, 0) is 17.9 Å². The molecule has 184 valence electrons. The molecule has 0 radical (unpaired) electrons. The van der Waals surface area contributed by atoms with E-state index in [-0.39, 0.29) is 17.9 Å². The number of para-hydroxylation sites is 2. The molecule has 5 rings (SSSR count). The van der Waals surface area contributed by atoms with Crippen molar-refractivity contribution in [1.29, 1.82) is 0 Å². The zero-order valence-corrected chi connectivity index (χ0v) is 20.8. The van der Waals surface area contributed by atoms with Crippen LogP contribution in [0.3, 0.4) is 0 Å². The third-order valence-corrected chi connectivity index (χ3v) is 7.64. The minimum absolute atomic E-state index is 0.0982. The zero-order chi connectivity index (χ0) is 24.6. The maximum Gasteiger partial charge on any atom is 0.291 e. The molecule has 1 fully saturated rings. The number of carbonyl (C=O) groups is 2. The van der Waals surface area contributed by atoms with E-state index in [0.29, 0.717) is 31.4 Å². The zero-order valence-electron chi connectivity index (χ0n) is 20.8. The quantitative estimate of drug-likeness (QED) is 0.569. The number of rotatable bonds is 6. The van der Waals surface area contributed by atoms with Crippen molar-refractivity contribution in [2.45, 2.75) is 71.1 Å². The fourth-order valence-corrected chi connectivity index (χ4v) is 5.47. The second-order valence-corrected chi connectivity index (χ2v) is 10.1. The molecule has 1 saturated carbocycles. The molecule has 1 aliphatic carbocycles. The predicted molar refractivity (Wildman–Crippen MR) is 135 cm³/mol. The van der Waals surface area contributed by atoms with Gasteiger partial charge in [0.25, 0.3) is 5.91 Å². The number of aromatic nitrogens is 2. The van der Waals surface area contributed by atoms with Gasteiger partial charge < -0.3 is 19.5 Å². The fraction of sp³-hybridized carbons (Fsp3) is 0.464. The highest BCUT2D eigenvalue weighted by Crippen LogP contribution is 2.33. The maximum atomic E-state index is 13.9. The number of hydrogen-bond acceptors (Lipinski definition) is 4. The van der Waals surface area contributed by atoms with E-state index < -0.39 is 5.54 Å². The minimum atomic E-state index is -1.05. The van der Waals surface area contributed by atoms with Gasteiger partial charge in [0, 0.05) is 12.6 Å². The van der Waals surface area contributed by atoms with Gasteiger partial charge in [0.2, 0.25) is 5.91 Å². The van der Waals surface area contributed by atoms with Crippen LogP contribution >= 0.6 is 0 Å². The van der Waals surface area contributed by atoms with E-state index in [1.807, 2.05) is 66.9 Å². The molecule has 1 N–H and O–H groups in total. The Balaban J connectivity index is 1.51. The molecule has 0 unspecified atom stereocenters. The normalized spacial score (nSPS) is 24.3. The third kappa shape index (κ3) is 4.28. The standard InChI is InChI=1S/C28H34N4O3/c1-4-35-21-15-13-20(14-16-21)17-32-26(33)25-29-23-11-7-8-12-24(23)31(25)18-28(32,3)27(34)30-22-10-6-5-9-19(22)2/h7-8,11-16,19,22H,4-6,9-10,17-18H2,1-3H3,(H,30,34)/t19-,22+,28+/m0/s1. The van der Waals surface area contributed by atoms with Crippen LogP contribution < -0.4 is 10.1 Å². The fourth-order valence-electron chi connectivity index (χ4n) is 5.47. The lowest BCUT2D eigenvalue weighted by atomic mass is 9.85. The Morgan fingerprint density at radius 2 is 1.89 bits per heavy atom. The summed E-state index contributed by atoms with van der Waals surface area (Å²) >= 11 is 0. The average molecular weight is 475 g/mol. The summed E-state index contributed by atoms with van der Waals surface area (Å²) in [5.41, 5.74) is 1.53. The summed E-state index contributed by atoms with van der Waals surface area (Å²) in [6.45, 7) is 7.32. The number of benzene rings is 2. The van der Waals surface area contributed by atoms with Gasteiger partial charge in [-0.05, 0) is 62.4 Å². The van der Waals surface area contributed by atoms with E-state index >= 15 is 0 Å². The van der Waals surface area contributed by atoms with Gasteiger partial charge >= 0.3 is 0 Å². The summed E-state index contributed by atoms with van der Waals surface area (Å²) in [5.74, 6) is 1.28.